The molecule has 4 aliphatic rings. The summed E-state index contributed by atoms with van der Waals surface area (Å²) < 4.78 is 22.4. The van der Waals surface area contributed by atoms with Crippen LogP contribution in [-0.4, -0.2) is 50.8 Å². The highest BCUT2D eigenvalue weighted by Gasteiger charge is 2.36. The summed E-state index contributed by atoms with van der Waals surface area (Å²) in [5.74, 6) is 0. The average Bonchev–Trinajstić information content (AvgIpc) is 3.59. The van der Waals surface area contributed by atoms with Crippen LogP contribution in [0.3, 0.4) is 0 Å². The van der Waals surface area contributed by atoms with Gasteiger partial charge in [-0.1, -0.05) is 18.2 Å². The second-order valence-electron chi connectivity index (χ2n) is 8.83. The van der Waals surface area contributed by atoms with Crippen LogP contribution in [0.2, 0.25) is 0 Å². The van der Waals surface area contributed by atoms with Gasteiger partial charge in [-0.2, -0.15) is 0 Å². The number of nitrogen functional groups attached to an aromatic ring is 1. The lowest BCUT2D eigenvalue weighted by molar-refractivity contribution is 0.397. The van der Waals surface area contributed by atoms with Crippen LogP contribution in [-0.2, 0) is 44.6 Å². The van der Waals surface area contributed by atoms with E-state index in [9.17, 15) is 0 Å². The highest BCUT2D eigenvalue weighted by molar-refractivity contribution is 5.78. The standard InChI is InChI=1S/C24H28N2O4/c25-23-20(7-16-11-28-16)19(6-15-10-27-15)21(8-17-12-29-17)24(22(23)9-18-13-30-18)26-14-4-2-1-3-5-14/h1-5,15-18,26H,6-13,25H2. The first kappa shape index (κ1) is 18.6. The van der Waals surface area contributed by atoms with Crippen molar-refractivity contribution in [2.24, 2.45) is 0 Å². The van der Waals surface area contributed by atoms with Gasteiger partial charge in [0.25, 0.3) is 0 Å². The lowest BCUT2D eigenvalue weighted by Gasteiger charge is -2.25. The van der Waals surface area contributed by atoms with Crippen molar-refractivity contribution in [3.05, 3.63) is 52.6 Å². The molecule has 3 N–H and O–H groups in total. The van der Waals surface area contributed by atoms with Gasteiger partial charge in [0.15, 0.2) is 0 Å². The Balaban J connectivity index is 1.49. The zero-order chi connectivity index (χ0) is 20.1. The molecule has 4 unspecified atom stereocenters. The third-order valence-corrected chi connectivity index (χ3v) is 6.36. The Labute approximate surface area is 176 Å². The molecule has 30 heavy (non-hydrogen) atoms. The van der Waals surface area contributed by atoms with Crippen molar-refractivity contribution in [3.63, 3.8) is 0 Å². The number of para-hydroxylation sites is 1. The molecule has 4 aliphatic heterocycles. The van der Waals surface area contributed by atoms with Gasteiger partial charge in [0, 0.05) is 48.3 Å². The van der Waals surface area contributed by atoms with Crippen LogP contribution in [0.4, 0.5) is 17.1 Å². The second-order valence-corrected chi connectivity index (χ2v) is 8.83. The van der Waals surface area contributed by atoms with E-state index in [1.807, 2.05) is 6.07 Å². The van der Waals surface area contributed by atoms with Gasteiger partial charge < -0.3 is 30.0 Å². The Hall–Kier alpha value is -2.12. The molecule has 6 heteroatoms. The number of hydrogen-bond acceptors (Lipinski definition) is 6. The van der Waals surface area contributed by atoms with E-state index in [1.54, 1.807) is 0 Å². The molecule has 0 bridgehead atoms. The van der Waals surface area contributed by atoms with Crippen LogP contribution in [0, 0.1) is 0 Å². The van der Waals surface area contributed by atoms with Crippen molar-refractivity contribution in [2.75, 3.05) is 37.5 Å². The normalized spacial score (nSPS) is 28.3. The maximum absolute atomic E-state index is 6.88. The van der Waals surface area contributed by atoms with E-state index in [-0.39, 0.29) is 12.2 Å². The topological polar surface area (TPSA) is 88.2 Å². The largest absolute Gasteiger partial charge is 0.398 e. The summed E-state index contributed by atoms with van der Waals surface area (Å²) in [5, 5.41) is 3.72. The molecular weight excluding hydrogens is 380 g/mol. The second kappa shape index (κ2) is 7.54. The maximum Gasteiger partial charge on any atom is 0.0851 e. The zero-order valence-corrected chi connectivity index (χ0v) is 17.1. The molecule has 4 fully saturated rings. The molecule has 0 aromatic heterocycles. The summed E-state index contributed by atoms with van der Waals surface area (Å²) in [5.41, 5.74) is 15.1. The molecule has 6 nitrogen and oxygen atoms in total. The Bertz CT molecular complexity index is 932. The number of benzene rings is 2. The van der Waals surface area contributed by atoms with Crippen LogP contribution in [0.15, 0.2) is 30.3 Å². The Morgan fingerprint density at radius 2 is 1.13 bits per heavy atom. The summed E-state index contributed by atoms with van der Waals surface area (Å²) in [4.78, 5) is 0. The molecule has 2 aromatic rings. The van der Waals surface area contributed by atoms with Crippen LogP contribution in [0.25, 0.3) is 0 Å². The fraction of sp³-hybridized carbons (Fsp3) is 0.500. The summed E-state index contributed by atoms with van der Waals surface area (Å²) in [6.45, 7) is 3.30. The molecule has 2 aromatic carbocycles. The van der Waals surface area contributed by atoms with Crippen molar-refractivity contribution in [3.8, 4) is 0 Å². The van der Waals surface area contributed by atoms with Crippen LogP contribution in [0.5, 0.6) is 0 Å². The third kappa shape index (κ3) is 4.18. The van der Waals surface area contributed by atoms with Gasteiger partial charge in [0.05, 0.1) is 50.8 Å². The number of rotatable bonds is 10. The maximum atomic E-state index is 6.88. The van der Waals surface area contributed by atoms with Crippen molar-refractivity contribution < 1.29 is 18.9 Å². The Morgan fingerprint density at radius 1 is 0.667 bits per heavy atom. The van der Waals surface area contributed by atoms with Gasteiger partial charge >= 0.3 is 0 Å². The number of anilines is 3. The number of nitrogens with two attached hydrogens (primary N) is 1. The van der Waals surface area contributed by atoms with E-state index in [2.05, 4.69) is 29.6 Å². The molecule has 4 heterocycles. The van der Waals surface area contributed by atoms with Gasteiger partial charge in [-0.25, -0.2) is 0 Å². The minimum Gasteiger partial charge on any atom is -0.398 e. The molecule has 4 atom stereocenters. The first-order chi connectivity index (χ1) is 14.7. The highest BCUT2D eigenvalue weighted by Crippen LogP contribution is 2.42. The fourth-order valence-electron chi connectivity index (χ4n) is 4.38. The van der Waals surface area contributed by atoms with Gasteiger partial charge in [-0.15, -0.1) is 0 Å². The van der Waals surface area contributed by atoms with Gasteiger partial charge in [0.2, 0.25) is 0 Å². The van der Waals surface area contributed by atoms with Gasteiger partial charge in [-0.3, -0.25) is 0 Å². The minimum absolute atomic E-state index is 0.260. The van der Waals surface area contributed by atoms with E-state index in [1.165, 1.54) is 22.3 Å². The van der Waals surface area contributed by atoms with E-state index in [0.29, 0.717) is 12.2 Å². The molecule has 0 aliphatic carbocycles. The summed E-state index contributed by atoms with van der Waals surface area (Å²) >= 11 is 0. The fourth-order valence-corrected chi connectivity index (χ4v) is 4.38. The lowest BCUT2D eigenvalue weighted by Crippen LogP contribution is -2.17. The Morgan fingerprint density at radius 3 is 1.67 bits per heavy atom. The summed E-state index contributed by atoms with van der Waals surface area (Å²) in [6, 6.07) is 10.3. The SMILES string of the molecule is Nc1c(CC2CO2)c(CC2CO2)c(CC2CO2)c(Nc2ccccc2)c1CC1CO1. The third-order valence-electron chi connectivity index (χ3n) is 6.36. The predicted octanol–water partition coefficient (Wildman–Crippen LogP) is 2.78. The monoisotopic (exact) mass is 408 g/mol. The Kier molecular flexibility index (Phi) is 4.68. The summed E-state index contributed by atoms with van der Waals surface area (Å²) in [6.07, 6.45) is 4.63. The van der Waals surface area contributed by atoms with Crippen molar-refractivity contribution >= 4 is 17.1 Å². The van der Waals surface area contributed by atoms with Crippen molar-refractivity contribution in [2.45, 2.75) is 50.1 Å². The van der Waals surface area contributed by atoms with Gasteiger partial charge in [-0.05, 0) is 28.8 Å². The molecule has 0 saturated carbocycles. The lowest BCUT2D eigenvalue weighted by atomic mass is 9.85. The first-order valence-corrected chi connectivity index (χ1v) is 11.0. The first-order valence-electron chi connectivity index (χ1n) is 11.0. The number of hydrogen-bond donors (Lipinski definition) is 2. The minimum atomic E-state index is 0.260. The molecular formula is C24H28N2O4. The molecule has 4 saturated heterocycles. The van der Waals surface area contributed by atoms with E-state index < -0.39 is 0 Å². The molecule has 0 amide bonds. The number of nitrogens with one attached hydrogen (secondary N) is 1. The average molecular weight is 408 g/mol. The van der Waals surface area contributed by atoms with Crippen LogP contribution < -0.4 is 11.1 Å². The van der Waals surface area contributed by atoms with E-state index >= 15 is 0 Å². The molecule has 0 radical (unpaired) electrons. The number of ether oxygens (including phenoxy) is 4. The van der Waals surface area contributed by atoms with Crippen molar-refractivity contribution in [1.82, 2.24) is 0 Å². The smallest absolute Gasteiger partial charge is 0.0851 e. The predicted molar refractivity (Wildman–Crippen MR) is 114 cm³/mol. The molecule has 158 valence electrons. The van der Waals surface area contributed by atoms with Crippen LogP contribution >= 0.6 is 0 Å². The zero-order valence-electron chi connectivity index (χ0n) is 17.1. The van der Waals surface area contributed by atoms with E-state index in [4.69, 9.17) is 24.7 Å². The highest BCUT2D eigenvalue weighted by atomic mass is 16.6. The quantitative estimate of drug-likeness (QED) is 0.464. The van der Waals surface area contributed by atoms with Crippen molar-refractivity contribution in [1.29, 1.82) is 0 Å². The number of epoxide rings is 4. The van der Waals surface area contributed by atoms with Gasteiger partial charge in [0.1, 0.15) is 0 Å². The van der Waals surface area contributed by atoms with E-state index in [0.717, 1.165) is 69.2 Å². The molecule has 0 spiro atoms. The van der Waals surface area contributed by atoms with Crippen LogP contribution in [0.1, 0.15) is 22.3 Å². The molecule has 6 rings (SSSR count). The summed E-state index contributed by atoms with van der Waals surface area (Å²) in [7, 11) is 0.